The van der Waals surface area contributed by atoms with Gasteiger partial charge in [0.2, 0.25) is 11.7 Å². The number of carbonyl (C=O) groups excluding carboxylic acids is 1. The molecule has 1 amide bonds. The van der Waals surface area contributed by atoms with Gasteiger partial charge in [-0.05, 0) is 68.5 Å². The predicted octanol–water partition coefficient (Wildman–Crippen LogP) is 10.2. The number of piperazine rings is 1. The van der Waals surface area contributed by atoms with Crippen LogP contribution in [-0.4, -0.2) is 65.9 Å². The number of unbranched alkanes of at least 4 members (excludes halogenated alkanes) is 11. The van der Waals surface area contributed by atoms with Crippen LogP contribution in [0, 0.1) is 0 Å². The molecule has 0 radical (unpaired) electrons. The van der Waals surface area contributed by atoms with Crippen molar-refractivity contribution >= 4 is 34.8 Å². The van der Waals surface area contributed by atoms with Gasteiger partial charge in [-0.2, -0.15) is 0 Å². The zero-order chi connectivity index (χ0) is 36.4. The maximum Gasteiger partial charge on any atom is 0.222 e. The average molecular weight is 754 g/mol. The number of rotatable bonds is 22. The van der Waals surface area contributed by atoms with E-state index in [1.54, 1.807) is 24.7 Å². The van der Waals surface area contributed by atoms with Crippen LogP contribution in [0.3, 0.4) is 0 Å². The first-order valence-corrected chi connectivity index (χ1v) is 20.3. The molecule has 0 bridgehead atoms. The molecule has 1 aromatic heterocycles. The van der Waals surface area contributed by atoms with Crippen molar-refractivity contribution in [3.8, 4) is 5.75 Å². The number of ether oxygens (including phenoxy) is 3. The van der Waals surface area contributed by atoms with E-state index < -0.39 is 5.79 Å². The quantitative estimate of drug-likeness (QED) is 0.0752. The average Bonchev–Trinajstić information content (AvgIpc) is 3.83. The Bertz CT molecular complexity index is 1490. The number of hydrogen-bond donors (Lipinski definition) is 0. The van der Waals surface area contributed by atoms with Crippen LogP contribution in [0.25, 0.3) is 0 Å². The SMILES string of the molecule is CCCCCCCC/C=C\CCCCCCCC(=O)N1CCN(c2ccc(OC[C@@H]3CO[C@@](Cn4ccnc4)(c4ccc(Cl)cc4Cl)O3)cc2)CC1. The smallest absolute Gasteiger partial charge is 0.222 e. The number of aromatic nitrogens is 2. The Morgan fingerprint density at radius 1 is 0.904 bits per heavy atom. The number of anilines is 1. The molecule has 2 saturated heterocycles. The molecule has 0 spiro atoms. The minimum Gasteiger partial charge on any atom is -0.491 e. The summed E-state index contributed by atoms with van der Waals surface area (Å²) in [6.45, 7) is 6.53. The highest BCUT2D eigenvalue weighted by Crippen LogP contribution is 2.40. The summed E-state index contributed by atoms with van der Waals surface area (Å²) in [4.78, 5) is 21.4. The fourth-order valence-corrected chi connectivity index (χ4v) is 7.59. The van der Waals surface area contributed by atoms with Gasteiger partial charge in [0, 0.05) is 61.3 Å². The summed E-state index contributed by atoms with van der Waals surface area (Å²) >= 11 is 12.8. The standard InChI is InChI=1S/C42H58Cl2N4O4/c1-2-3-4-5-6-7-8-9-10-11-12-13-14-15-16-17-41(49)48-28-26-47(27-29-48)36-19-21-37(22-20-36)50-31-38-32-51-42(52-38,33-46-25-24-45-34-46)39-23-18-35(43)30-40(39)44/h9-10,18-25,30,34,38H,2-8,11-17,26-29,31-33H2,1H3/b10-9-/t38-,42-/m1/s1. The van der Waals surface area contributed by atoms with Crippen LogP contribution in [0.1, 0.15) is 102 Å². The molecule has 2 aliphatic rings. The molecule has 3 aromatic rings. The Balaban J connectivity index is 0.950. The number of amides is 1. The summed E-state index contributed by atoms with van der Waals surface area (Å²) in [7, 11) is 0. The number of carbonyl (C=O) groups is 1. The molecule has 3 heterocycles. The highest BCUT2D eigenvalue weighted by atomic mass is 35.5. The molecular formula is C42H58Cl2N4O4. The van der Waals surface area contributed by atoms with Gasteiger partial charge in [-0.3, -0.25) is 4.79 Å². The summed E-state index contributed by atoms with van der Waals surface area (Å²) in [5.74, 6) is -0.0300. The monoisotopic (exact) mass is 752 g/mol. The zero-order valence-electron chi connectivity index (χ0n) is 31.0. The van der Waals surface area contributed by atoms with Crippen molar-refractivity contribution in [1.82, 2.24) is 14.5 Å². The maximum absolute atomic E-state index is 12.9. The Morgan fingerprint density at radius 2 is 1.60 bits per heavy atom. The van der Waals surface area contributed by atoms with Crippen molar-refractivity contribution in [2.75, 3.05) is 44.3 Å². The number of imidazole rings is 1. The van der Waals surface area contributed by atoms with E-state index in [1.807, 2.05) is 33.9 Å². The largest absolute Gasteiger partial charge is 0.491 e. The Morgan fingerprint density at radius 3 is 2.27 bits per heavy atom. The van der Waals surface area contributed by atoms with Crippen molar-refractivity contribution in [1.29, 1.82) is 0 Å². The lowest BCUT2D eigenvalue weighted by atomic mass is 10.1. The molecule has 2 aliphatic heterocycles. The normalized spacial score (nSPS) is 19.2. The molecule has 2 aromatic carbocycles. The van der Waals surface area contributed by atoms with Gasteiger partial charge in [-0.15, -0.1) is 0 Å². The van der Waals surface area contributed by atoms with Crippen LogP contribution in [0.2, 0.25) is 10.0 Å². The van der Waals surface area contributed by atoms with Crippen LogP contribution in [-0.2, 0) is 26.6 Å². The molecule has 52 heavy (non-hydrogen) atoms. The number of nitrogens with zero attached hydrogens (tertiary/aromatic N) is 4. The van der Waals surface area contributed by atoms with Gasteiger partial charge >= 0.3 is 0 Å². The lowest BCUT2D eigenvalue weighted by molar-refractivity contribution is -0.189. The Hall–Kier alpha value is -3.04. The minimum absolute atomic E-state index is 0.298. The molecule has 0 saturated carbocycles. The van der Waals surface area contributed by atoms with Gasteiger partial charge in [-0.25, -0.2) is 4.98 Å². The topological polar surface area (TPSA) is 69.1 Å². The molecule has 8 nitrogen and oxygen atoms in total. The van der Waals surface area contributed by atoms with Crippen molar-refractivity contribution in [2.45, 2.75) is 115 Å². The predicted molar refractivity (Wildman–Crippen MR) is 211 cm³/mol. The first kappa shape index (κ1) is 40.2. The Labute approximate surface area is 321 Å². The molecule has 5 rings (SSSR count). The van der Waals surface area contributed by atoms with Gasteiger partial charge in [0.25, 0.3) is 0 Å². The fourth-order valence-electron chi connectivity index (χ4n) is 7.04. The highest BCUT2D eigenvalue weighted by molar-refractivity contribution is 6.35. The molecule has 0 aliphatic carbocycles. The molecule has 2 atom stereocenters. The lowest BCUT2D eigenvalue weighted by Gasteiger charge is -2.36. The summed E-state index contributed by atoms with van der Waals surface area (Å²) in [5.41, 5.74) is 1.85. The second-order valence-electron chi connectivity index (χ2n) is 14.2. The van der Waals surface area contributed by atoms with Crippen molar-refractivity contribution < 1.29 is 19.0 Å². The third-order valence-electron chi connectivity index (χ3n) is 10.1. The van der Waals surface area contributed by atoms with Gasteiger partial charge in [-0.1, -0.05) is 99.7 Å². The van der Waals surface area contributed by atoms with Gasteiger partial charge in [0.1, 0.15) is 18.5 Å². The van der Waals surface area contributed by atoms with E-state index in [4.69, 9.17) is 37.4 Å². The van der Waals surface area contributed by atoms with E-state index >= 15 is 0 Å². The molecule has 0 N–H and O–H groups in total. The first-order chi connectivity index (χ1) is 25.5. The molecule has 0 unspecified atom stereocenters. The number of halogens is 2. The summed E-state index contributed by atoms with van der Waals surface area (Å²) in [6.07, 6.45) is 26.9. The van der Waals surface area contributed by atoms with Gasteiger partial charge in [0.15, 0.2) is 0 Å². The van der Waals surface area contributed by atoms with Crippen molar-refractivity contribution in [2.24, 2.45) is 0 Å². The van der Waals surface area contributed by atoms with Crippen LogP contribution < -0.4 is 9.64 Å². The fraction of sp³-hybridized carbons (Fsp3) is 0.571. The second kappa shape index (κ2) is 21.6. The van der Waals surface area contributed by atoms with E-state index in [-0.39, 0.29) is 6.10 Å². The number of benzene rings is 2. The number of hydrogen-bond acceptors (Lipinski definition) is 6. The lowest BCUT2D eigenvalue weighted by Crippen LogP contribution is -2.48. The second-order valence-corrected chi connectivity index (χ2v) is 15.0. The minimum atomic E-state index is -1.09. The van der Waals surface area contributed by atoms with E-state index in [0.29, 0.717) is 47.7 Å². The summed E-state index contributed by atoms with van der Waals surface area (Å²) < 4.78 is 20.9. The third kappa shape index (κ3) is 12.5. The van der Waals surface area contributed by atoms with Crippen LogP contribution >= 0.6 is 23.2 Å². The molecule has 284 valence electrons. The van der Waals surface area contributed by atoms with E-state index in [9.17, 15) is 4.79 Å². The zero-order valence-corrected chi connectivity index (χ0v) is 32.5. The van der Waals surface area contributed by atoms with Crippen molar-refractivity contribution in [3.63, 3.8) is 0 Å². The van der Waals surface area contributed by atoms with Gasteiger partial charge in [0.05, 0.1) is 24.5 Å². The van der Waals surface area contributed by atoms with E-state index in [1.165, 1.54) is 70.6 Å². The van der Waals surface area contributed by atoms with E-state index in [2.05, 4.69) is 41.1 Å². The van der Waals surface area contributed by atoms with Crippen LogP contribution in [0.15, 0.2) is 73.3 Å². The van der Waals surface area contributed by atoms with Crippen LogP contribution in [0.5, 0.6) is 5.75 Å². The number of allylic oxidation sites excluding steroid dienone is 2. The van der Waals surface area contributed by atoms with E-state index in [0.717, 1.165) is 50.5 Å². The first-order valence-electron chi connectivity index (χ1n) is 19.6. The molecule has 10 heteroatoms. The Kier molecular flexibility index (Phi) is 16.7. The third-order valence-corrected chi connectivity index (χ3v) is 10.6. The molecule has 2 fully saturated rings. The summed E-state index contributed by atoms with van der Waals surface area (Å²) in [6, 6.07) is 13.5. The van der Waals surface area contributed by atoms with Gasteiger partial charge < -0.3 is 28.6 Å². The van der Waals surface area contributed by atoms with Crippen molar-refractivity contribution in [3.05, 3.63) is 88.9 Å². The van der Waals surface area contributed by atoms with Crippen LogP contribution in [0.4, 0.5) is 5.69 Å². The molecular weight excluding hydrogens is 695 g/mol. The summed E-state index contributed by atoms with van der Waals surface area (Å²) in [5, 5.41) is 1.03. The highest BCUT2D eigenvalue weighted by Gasteiger charge is 2.45. The maximum atomic E-state index is 12.9.